The van der Waals surface area contributed by atoms with Gasteiger partial charge in [-0.3, -0.25) is 0 Å². The Morgan fingerprint density at radius 1 is 0.727 bits per heavy atom. The number of hydrogen-bond acceptors (Lipinski definition) is 2. The number of hydrogen-bond donors (Lipinski definition) is 0. The minimum atomic E-state index is 0.531. The first-order chi connectivity index (χ1) is 16.3. The summed E-state index contributed by atoms with van der Waals surface area (Å²) >= 11 is 1.93. The van der Waals surface area contributed by atoms with E-state index in [4.69, 9.17) is 0 Å². The SMILES string of the molecule is CC1CC2CC(n3ccc4ccccc43)CC(N3c4ccccc4Sc4ccccc43)C2C1. The first kappa shape index (κ1) is 19.8. The molecule has 0 bridgehead atoms. The van der Waals surface area contributed by atoms with E-state index in [1.807, 2.05) is 11.8 Å². The Hall–Kier alpha value is -2.65. The number of nitrogens with zero attached hydrogens (tertiary/aromatic N) is 2. The zero-order chi connectivity index (χ0) is 21.9. The summed E-state index contributed by atoms with van der Waals surface area (Å²) < 4.78 is 2.60. The van der Waals surface area contributed by atoms with Gasteiger partial charge >= 0.3 is 0 Å². The minimum Gasteiger partial charge on any atom is -0.344 e. The Kier molecular flexibility index (Phi) is 4.62. The molecule has 7 rings (SSSR count). The molecule has 5 unspecified atom stereocenters. The van der Waals surface area contributed by atoms with Gasteiger partial charge in [-0.15, -0.1) is 0 Å². The first-order valence-electron chi connectivity index (χ1n) is 12.5. The Morgan fingerprint density at radius 2 is 1.42 bits per heavy atom. The van der Waals surface area contributed by atoms with Crippen LogP contribution in [0.15, 0.2) is 94.9 Å². The highest BCUT2D eigenvalue weighted by Gasteiger charge is 2.47. The molecule has 1 aromatic heterocycles. The smallest absolute Gasteiger partial charge is 0.0555 e. The van der Waals surface area contributed by atoms with Crippen LogP contribution in [0.25, 0.3) is 10.9 Å². The van der Waals surface area contributed by atoms with Gasteiger partial charge in [0.1, 0.15) is 0 Å². The molecule has 0 amide bonds. The number of anilines is 2. The molecular formula is C30H30N2S. The molecular weight excluding hydrogens is 420 g/mol. The number of rotatable bonds is 2. The number of aromatic nitrogens is 1. The minimum absolute atomic E-state index is 0.531. The second-order valence-corrected chi connectivity index (χ2v) is 11.5. The molecule has 0 N–H and O–H groups in total. The van der Waals surface area contributed by atoms with E-state index in [-0.39, 0.29) is 0 Å². The molecule has 2 heterocycles. The molecule has 166 valence electrons. The van der Waals surface area contributed by atoms with E-state index in [2.05, 4.69) is 101 Å². The molecule has 3 heteroatoms. The van der Waals surface area contributed by atoms with Crippen LogP contribution in [0.5, 0.6) is 0 Å². The Morgan fingerprint density at radius 3 is 2.21 bits per heavy atom. The van der Waals surface area contributed by atoms with E-state index in [1.54, 1.807) is 0 Å². The summed E-state index contributed by atoms with van der Waals surface area (Å²) in [7, 11) is 0. The molecule has 1 aliphatic heterocycles. The van der Waals surface area contributed by atoms with Gasteiger partial charge in [0, 0.05) is 33.6 Å². The molecule has 2 saturated carbocycles. The lowest BCUT2D eigenvalue weighted by atomic mass is 9.74. The van der Waals surface area contributed by atoms with Crippen molar-refractivity contribution in [1.82, 2.24) is 4.57 Å². The summed E-state index contributed by atoms with van der Waals surface area (Å²) in [5, 5.41) is 1.36. The van der Waals surface area contributed by atoms with Crippen LogP contribution in [0.1, 0.15) is 38.6 Å². The van der Waals surface area contributed by atoms with E-state index in [0.29, 0.717) is 12.1 Å². The molecule has 3 aliphatic rings. The molecule has 0 spiro atoms. The maximum atomic E-state index is 2.74. The molecule has 5 atom stereocenters. The maximum Gasteiger partial charge on any atom is 0.0555 e. The second kappa shape index (κ2) is 7.70. The number of benzene rings is 3. The van der Waals surface area contributed by atoms with E-state index in [0.717, 1.165) is 17.8 Å². The fourth-order valence-electron chi connectivity index (χ4n) is 7.12. The van der Waals surface area contributed by atoms with E-state index in [9.17, 15) is 0 Å². The Labute approximate surface area is 200 Å². The highest BCUT2D eigenvalue weighted by molar-refractivity contribution is 7.99. The zero-order valence-electron chi connectivity index (χ0n) is 19.1. The van der Waals surface area contributed by atoms with E-state index < -0.39 is 0 Å². The van der Waals surface area contributed by atoms with Crippen LogP contribution in [0.3, 0.4) is 0 Å². The zero-order valence-corrected chi connectivity index (χ0v) is 19.9. The van der Waals surface area contributed by atoms with Gasteiger partial charge in [0.15, 0.2) is 0 Å². The number of fused-ring (bicyclic) bond motifs is 4. The highest BCUT2D eigenvalue weighted by atomic mass is 32.2. The van der Waals surface area contributed by atoms with Gasteiger partial charge in [-0.2, -0.15) is 0 Å². The highest BCUT2D eigenvalue weighted by Crippen LogP contribution is 2.56. The summed E-state index contributed by atoms with van der Waals surface area (Å²) in [5.74, 6) is 2.40. The van der Waals surface area contributed by atoms with Crippen molar-refractivity contribution in [2.24, 2.45) is 17.8 Å². The molecule has 33 heavy (non-hydrogen) atoms. The van der Waals surface area contributed by atoms with Crippen LogP contribution < -0.4 is 4.90 Å². The van der Waals surface area contributed by atoms with Gasteiger partial charge in [-0.05, 0) is 85.2 Å². The fourth-order valence-corrected chi connectivity index (χ4v) is 8.20. The summed E-state index contributed by atoms with van der Waals surface area (Å²) in [5.41, 5.74) is 4.20. The molecule has 0 saturated heterocycles. The van der Waals surface area contributed by atoms with Crippen molar-refractivity contribution in [3.8, 4) is 0 Å². The molecule has 3 aromatic carbocycles. The molecule has 4 aromatic rings. The number of para-hydroxylation sites is 3. The van der Waals surface area contributed by atoms with Crippen molar-refractivity contribution >= 4 is 34.0 Å². The molecule has 2 nitrogen and oxygen atoms in total. The van der Waals surface area contributed by atoms with Crippen molar-refractivity contribution in [3.63, 3.8) is 0 Å². The van der Waals surface area contributed by atoms with Gasteiger partial charge in [0.25, 0.3) is 0 Å². The predicted octanol–water partition coefficient (Wildman–Crippen LogP) is 8.31. The van der Waals surface area contributed by atoms with Gasteiger partial charge in [0.05, 0.1) is 11.4 Å². The van der Waals surface area contributed by atoms with Crippen LogP contribution in [-0.2, 0) is 0 Å². The third-order valence-corrected chi connectivity index (χ3v) is 9.52. The third kappa shape index (κ3) is 3.16. The largest absolute Gasteiger partial charge is 0.344 e. The van der Waals surface area contributed by atoms with Crippen LogP contribution in [0.4, 0.5) is 11.4 Å². The lowest BCUT2D eigenvalue weighted by molar-refractivity contribution is 0.182. The van der Waals surface area contributed by atoms with Crippen molar-refractivity contribution in [3.05, 3.63) is 85.1 Å². The lowest BCUT2D eigenvalue weighted by Gasteiger charge is -2.48. The average molecular weight is 451 g/mol. The topological polar surface area (TPSA) is 8.17 Å². The summed E-state index contributed by atoms with van der Waals surface area (Å²) in [6.45, 7) is 2.48. The summed E-state index contributed by atoms with van der Waals surface area (Å²) in [4.78, 5) is 5.54. The van der Waals surface area contributed by atoms with Crippen LogP contribution >= 0.6 is 11.8 Å². The van der Waals surface area contributed by atoms with Gasteiger partial charge in [-0.1, -0.05) is 61.2 Å². The van der Waals surface area contributed by atoms with Crippen LogP contribution in [-0.4, -0.2) is 10.6 Å². The maximum absolute atomic E-state index is 2.74. The van der Waals surface area contributed by atoms with Gasteiger partial charge in [-0.25, -0.2) is 0 Å². The molecule has 2 fully saturated rings. The van der Waals surface area contributed by atoms with E-state index in [1.165, 1.54) is 57.8 Å². The van der Waals surface area contributed by atoms with Gasteiger partial charge in [0.2, 0.25) is 0 Å². The summed E-state index contributed by atoms with van der Waals surface area (Å²) in [6.07, 6.45) is 7.61. The van der Waals surface area contributed by atoms with Crippen LogP contribution in [0, 0.1) is 17.8 Å². The molecule has 0 radical (unpaired) electrons. The van der Waals surface area contributed by atoms with Crippen molar-refractivity contribution in [2.45, 2.75) is 54.5 Å². The first-order valence-corrected chi connectivity index (χ1v) is 13.3. The van der Waals surface area contributed by atoms with Crippen LogP contribution in [0.2, 0.25) is 0 Å². The monoisotopic (exact) mass is 450 g/mol. The van der Waals surface area contributed by atoms with Crippen molar-refractivity contribution < 1.29 is 0 Å². The standard InChI is InChI=1S/C30H30N2S/c1-20-16-22-18-23(31-15-14-21-8-2-3-9-25(21)31)19-28(24(22)17-20)32-26-10-4-6-12-29(26)33-30-13-7-5-11-27(30)32/h2-15,20,22-24,28H,16-19H2,1H3. The van der Waals surface area contributed by atoms with Crippen molar-refractivity contribution in [2.75, 3.05) is 4.90 Å². The third-order valence-electron chi connectivity index (χ3n) is 8.39. The van der Waals surface area contributed by atoms with Crippen molar-refractivity contribution in [1.29, 1.82) is 0 Å². The fraction of sp³-hybridized carbons (Fsp3) is 0.333. The Balaban J connectivity index is 1.36. The summed E-state index contributed by atoms with van der Waals surface area (Å²) in [6, 6.07) is 30.4. The molecule has 2 aliphatic carbocycles. The second-order valence-electron chi connectivity index (χ2n) is 10.4. The predicted molar refractivity (Wildman–Crippen MR) is 139 cm³/mol. The Bertz CT molecular complexity index is 1280. The van der Waals surface area contributed by atoms with E-state index >= 15 is 0 Å². The lowest BCUT2D eigenvalue weighted by Crippen LogP contribution is -2.45. The normalized spacial score (nSPS) is 28.4. The van der Waals surface area contributed by atoms with Gasteiger partial charge < -0.3 is 9.47 Å². The average Bonchev–Trinajstić information content (AvgIpc) is 3.44. The quantitative estimate of drug-likeness (QED) is 0.303.